The SMILES string of the molecule is CC[C@H](C)C[C@H](C)/C=C(C)/C=C/C=C/C=C/C(=O)[C@]12O[C@H]1[C@](O)(C(C)C)NC2=O. The maximum atomic E-state index is 12.5. The van der Waals surface area contributed by atoms with E-state index in [9.17, 15) is 14.7 Å². The van der Waals surface area contributed by atoms with Crippen LogP contribution < -0.4 is 5.32 Å². The van der Waals surface area contributed by atoms with E-state index in [0.717, 1.165) is 5.92 Å². The Balaban J connectivity index is 1.87. The van der Waals surface area contributed by atoms with Crippen molar-refractivity contribution in [3.05, 3.63) is 48.1 Å². The summed E-state index contributed by atoms with van der Waals surface area (Å²) >= 11 is 0. The van der Waals surface area contributed by atoms with Crippen LogP contribution in [0.2, 0.25) is 0 Å². The summed E-state index contributed by atoms with van der Waals surface area (Å²) < 4.78 is 5.37. The Morgan fingerprint density at radius 2 is 1.79 bits per heavy atom. The maximum Gasteiger partial charge on any atom is 0.265 e. The number of aliphatic hydroxyl groups is 1. The van der Waals surface area contributed by atoms with Gasteiger partial charge >= 0.3 is 0 Å². The Morgan fingerprint density at radius 1 is 1.17 bits per heavy atom. The molecule has 0 aromatic heterocycles. The van der Waals surface area contributed by atoms with Crippen LogP contribution in [0.3, 0.4) is 0 Å². The molecule has 1 amide bonds. The molecule has 2 rings (SSSR count). The van der Waals surface area contributed by atoms with Gasteiger partial charge in [-0.25, -0.2) is 0 Å². The number of fused-ring (bicyclic) bond motifs is 1. The number of hydrogen-bond donors (Lipinski definition) is 2. The van der Waals surface area contributed by atoms with Crippen LogP contribution in [0, 0.1) is 17.8 Å². The maximum absolute atomic E-state index is 12.5. The number of nitrogens with one attached hydrogen (secondary N) is 1. The second-order valence-electron chi connectivity index (χ2n) is 8.77. The molecule has 0 aliphatic carbocycles. The van der Waals surface area contributed by atoms with E-state index in [1.54, 1.807) is 26.0 Å². The largest absolute Gasteiger partial charge is 0.368 e. The standard InChI is InChI=1S/C24H35NO4/c1-7-17(4)14-19(6)15-18(5)12-10-8-9-11-13-20(26)23-21(29-23)24(28,16(2)3)25-22(23)27/h8-13,15-17,19,21,28H,7,14H2,1-6H3,(H,25,27)/b9-8+,12-10+,13-11+,18-15+/t17-,19-,21+,23-,24+/m0/s1. The van der Waals surface area contributed by atoms with E-state index in [-0.39, 0.29) is 5.92 Å². The molecule has 0 radical (unpaired) electrons. The van der Waals surface area contributed by atoms with Crippen LogP contribution in [0.25, 0.3) is 0 Å². The molecule has 2 heterocycles. The van der Waals surface area contributed by atoms with E-state index in [1.807, 2.05) is 18.2 Å². The molecule has 0 aromatic rings. The zero-order valence-corrected chi connectivity index (χ0v) is 18.4. The Labute approximate surface area is 174 Å². The van der Waals surface area contributed by atoms with Crippen molar-refractivity contribution in [2.75, 3.05) is 0 Å². The van der Waals surface area contributed by atoms with Crippen molar-refractivity contribution in [2.45, 2.75) is 71.8 Å². The topological polar surface area (TPSA) is 78.9 Å². The third-order valence-electron chi connectivity index (χ3n) is 5.87. The summed E-state index contributed by atoms with van der Waals surface area (Å²) in [5.74, 6) is 0.00829. The molecule has 0 bridgehead atoms. The lowest BCUT2D eigenvalue weighted by Gasteiger charge is -2.27. The minimum Gasteiger partial charge on any atom is -0.368 e. The number of rotatable bonds is 10. The molecule has 2 fully saturated rings. The van der Waals surface area contributed by atoms with Gasteiger partial charge in [0.05, 0.1) is 0 Å². The number of allylic oxidation sites excluding steroid dienone is 7. The van der Waals surface area contributed by atoms with E-state index < -0.39 is 29.1 Å². The smallest absolute Gasteiger partial charge is 0.265 e. The van der Waals surface area contributed by atoms with Crippen molar-refractivity contribution >= 4 is 11.7 Å². The lowest BCUT2D eigenvalue weighted by atomic mass is 9.91. The summed E-state index contributed by atoms with van der Waals surface area (Å²) in [5.41, 5.74) is -1.85. The van der Waals surface area contributed by atoms with Gasteiger partial charge in [0, 0.05) is 5.92 Å². The van der Waals surface area contributed by atoms with Crippen LogP contribution in [0.15, 0.2) is 48.1 Å². The number of ketones is 1. The van der Waals surface area contributed by atoms with Crippen LogP contribution in [0.1, 0.15) is 54.4 Å². The summed E-state index contributed by atoms with van der Waals surface area (Å²) in [6, 6.07) is 0. The normalized spacial score (nSPS) is 31.7. The van der Waals surface area contributed by atoms with Crippen LogP contribution in [-0.2, 0) is 14.3 Å². The monoisotopic (exact) mass is 401 g/mol. The molecule has 2 aliphatic heterocycles. The highest BCUT2D eigenvalue weighted by molar-refractivity contribution is 6.19. The fourth-order valence-electron chi connectivity index (χ4n) is 3.79. The van der Waals surface area contributed by atoms with Gasteiger partial charge in [-0.15, -0.1) is 0 Å². The number of carbonyl (C=O) groups is 2. The van der Waals surface area contributed by atoms with Gasteiger partial charge in [-0.1, -0.05) is 83.1 Å². The van der Waals surface area contributed by atoms with E-state index in [1.165, 1.54) is 24.5 Å². The van der Waals surface area contributed by atoms with Crippen LogP contribution in [0.4, 0.5) is 0 Å². The van der Waals surface area contributed by atoms with E-state index in [2.05, 4.69) is 39.1 Å². The first kappa shape index (κ1) is 23.3. The van der Waals surface area contributed by atoms with Gasteiger partial charge < -0.3 is 15.2 Å². The molecule has 0 unspecified atom stereocenters. The Morgan fingerprint density at radius 3 is 2.31 bits per heavy atom. The molecule has 0 aromatic carbocycles. The quantitative estimate of drug-likeness (QED) is 0.252. The fourth-order valence-corrected chi connectivity index (χ4v) is 3.79. The number of amides is 1. The van der Waals surface area contributed by atoms with E-state index >= 15 is 0 Å². The first-order valence-electron chi connectivity index (χ1n) is 10.5. The van der Waals surface area contributed by atoms with Gasteiger partial charge in [0.15, 0.2) is 17.6 Å². The first-order valence-corrected chi connectivity index (χ1v) is 10.5. The molecule has 160 valence electrons. The van der Waals surface area contributed by atoms with Crippen molar-refractivity contribution in [1.29, 1.82) is 0 Å². The first-order chi connectivity index (χ1) is 13.6. The van der Waals surface area contributed by atoms with Gasteiger partial charge in [-0.2, -0.15) is 0 Å². The molecular weight excluding hydrogens is 366 g/mol. The van der Waals surface area contributed by atoms with Crippen LogP contribution in [0.5, 0.6) is 0 Å². The third kappa shape index (κ3) is 4.96. The van der Waals surface area contributed by atoms with Crippen molar-refractivity contribution in [2.24, 2.45) is 17.8 Å². The van der Waals surface area contributed by atoms with Gasteiger partial charge in [0.25, 0.3) is 5.91 Å². The molecule has 0 saturated carbocycles. The molecule has 5 nitrogen and oxygen atoms in total. The number of hydrogen-bond acceptors (Lipinski definition) is 4. The molecule has 2 N–H and O–H groups in total. The van der Waals surface area contributed by atoms with Gasteiger partial charge in [-0.05, 0) is 31.3 Å². The van der Waals surface area contributed by atoms with Gasteiger partial charge in [-0.3, -0.25) is 9.59 Å². The van der Waals surface area contributed by atoms with Crippen molar-refractivity contribution < 1.29 is 19.4 Å². The van der Waals surface area contributed by atoms with Crippen molar-refractivity contribution in [3.63, 3.8) is 0 Å². The lowest BCUT2D eigenvalue weighted by Crippen LogP contribution is -2.52. The molecule has 2 aliphatic rings. The summed E-state index contributed by atoms with van der Waals surface area (Å²) in [6.07, 6.45) is 14.3. The molecule has 5 atom stereocenters. The van der Waals surface area contributed by atoms with Gasteiger partial charge in [0.2, 0.25) is 5.60 Å². The zero-order chi connectivity index (χ0) is 21.8. The Hall–Kier alpha value is -1.98. The third-order valence-corrected chi connectivity index (χ3v) is 5.87. The highest BCUT2D eigenvalue weighted by atomic mass is 16.6. The Bertz CT molecular complexity index is 748. The van der Waals surface area contributed by atoms with E-state index in [4.69, 9.17) is 4.74 Å². The Kier molecular flexibility index (Phi) is 7.41. The lowest BCUT2D eigenvalue weighted by molar-refractivity contribution is -0.139. The number of epoxide rings is 1. The average Bonchev–Trinajstić information content (AvgIpc) is 3.36. The molecule has 2 saturated heterocycles. The highest BCUT2D eigenvalue weighted by Gasteiger charge is 2.80. The van der Waals surface area contributed by atoms with E-state index in [0.29, 0.717) is 5.92 Å². The predicted molar refractivity (Wildman–Crippen MR) is 115 cm³/mol. The molecule has 0 spiro atoms. The summed E-state index contributed by atoms with van der Waals surface area (Å²) in [4.78, 5) is 24.7. The fraction of sp³-hybridized carbons (Fsp3) is 0.583. The molecule has 5 heteroatoms. The minimum atomic E-state index is -1.57. The number of morpholine rings is 1. The van der Waals surface area contributed by atoms with Crippen molar-refractivity contribution in [1.82, 2.24) is 5.32 Å². The molecule has 29 heavy (non-hydrogen) atoms. The van der Waals surface area contributed by atoms with Crippen LogP contribution in [-0.4, -0.2) is 34.2 Å². The van der Waals surface area contributed by atoms with Crippen LogP contribution >= 0.6 is 0 Å². The summed E-state index contributed by atoms with van der Waals surface area (Å²) in [7, 11) is 0. The number of ether oxygens (including phenoxy) is 1. The average molecular weight is 402 g/mol. The second-order valence-corrected chi connectivity index (χ2v) is 8.77. The number of carbonyl (C=O) groups excluding carboxylic acids is 2. The highest BCUT2D eigenvalue weighted by Crippen LogP contribution is 2.51. The van der Waals surface area contributed by atoms with Crippen molar-refractivity contribution in [3.8, 4) is 0 Å². The summed E-state index contributed by atoms with van der Waals surface area (Å²) in [5, 5.41) is 13.0. The predicted octanol–water partition coefficient (Wildman–Crippen LogP) is 3.85. The second kappa shape index (κ2) is 9.23. The molecular formula is C24H35NO4. The summed E-state index contributed by atoms with van der Waals surface area (Å²) in [6.45, 7) is 12.4. The van der Waals surface area contributed by atoms with Gasteiger partial charge in [0.1, 0.15) is 0 Å². The minimum absolute atomic E-state index is 0.258. The zero-order valence-electron chi connectivity index (χ0n) is 18.4.